The maximum Gasteiger partial charge on any atom is 0.333 e. The van der Waals surface area contributed by atoms with Gasteiger partial charge < -0.3 is 4.74 Å². The lowest BCUT2D eigenvalue weighted by Crippen LogP contribution is -2.15. The Kier molecular flexibility index (Phi) is 3.61. The van der Waals surface area contributed by atoms with Crippen molar-refractivity contribution < 1.29 is 9.53 Å². The average Bonchev–Trinajstić information content (AvgIpc) is 2.54. The van der Waals surface area contributed by atoms with Crippen LogP contribution in [0.4, 0.5) is 0 Å². The van der Waals surface area contributed by atoms with Gasteiger partial charge in [0.15, 0.2) is 0 Å². The molecule has 106 valence electrons. The normalized spacial score (nSPS) is 16.9. The van der Waals surface area contributed by atoms with Crippen molar-refractivity contribution in [1.82, 2.24) is 0 Å². The summed E-state index contributed by atoms with van der Waals surface area (Å²) in [6.07, 6.45) is 2.65. The van der Waals surface area contributed by atoms with Crippen LogP contribution in [0.15, 0.2) is 54.1 Å². The third-order valence-corrected chi connectivity index (χ3v) is 4.02. The van der Waals surface area contributed by atoms with Gasteiger partial charge >= 0.3 is 5.97 Å². The van der Waals surface area contributed by atoms with Crippen molar-refractivity contribution in [2.24, 2.45) is 0 Å². The number of carbonyl (C=O) groups is 1. The Labute approximate surface area is 125 Å². The van der Waals surface area contributed by atoms with Crippen LogP contribution >= 0.6 is 0 Å². The zero-order valence-electron chi connectivity index (χ0n) is 12.3. The minimum Gasteiger partial charge on any atom is -0.466 e. The van der Waals surface area contributed by atoms with Crippen LogP contribution in [0.25, 0.3) is 6.08 Å². The molecule has 0 bridgehead atoms. The van der Waals surface area contributed by atoms with E-state index in [1.807, 2.05) is 24.3 Å². The standard InChI is InChI=1S/C19H18O2/c1-13-8-9-15-11-16(19(20)21-2)12-18(17(15)10-13)14-6-4-3-5-7-14/h3-11,18H,12H2,1-2H3. The number of ether oxygens (including phenoxy) is 1. The van der Waals surface area contributed by atoms with E-state index in [-0.39, 0.29) is 11.9 Å². The van der Waals surface area contributed by atoms with Crippen molar-refractivity contribution in [3.8, 4) is 0 Å². The first kappa shape index (κ1) is 13.6. The van der Waals surface area contributed by atoms with Gasteiger partial charge in [0.25, 0.3) is 0 Å². The van der Waals surface area contributed by atoms with Gasteiger partial charge in [0.1, 0.15) is 0 Å². The van der Waals surface area contributed by atoms with E-state index >= 15 is 0 Å². The molecule has 0 radical (unpaired) electrons. The molecule has 2 nitrogen and oxygen atoms in total. The average molecular weight is 278 g/mol. The van der Waals surface area contributed by atoms with E-state index < -0.39 is 0 Å². The van der Waals surface area contributed by atoms with Crippen LogP contribution in [-0.4, -0.2) is 13.1 Å². The lowest BCUT2D eigenvalue weighted by atomic mass is 9.78. The number of methoxy groups -OCH3 is 1. The zero-order valence-corrected chi connectivity index (χ0v) is 12.3. The van der Waals surface area contributed by atoms with Crippen LogP contribution in [0.5, 0.6) is 0 Å². The second kappa shape index (κ2) is 5.57. The van der Waals surface area contributed by atoms with Crippen molar-refractivity contribution in [3.63, 3.8) is 0 Å². The SMILES string of the molecule is COC(=O)C1=Cc2ccc(C)cc2C(c2ccccc2)C1. The fourth-order valence-electron chi connectivity index (χ4n) is 2.96. The number of hydrogen-bond acceptors (Lipinski definition) is 2. The van der Waals surface area contributed by atoms with Crippen LogP contribution in [0.2, 0.25) is 0 Å². The summed E-state index contributed by atoms with van der Waals surface area (Å²) < 4.78 is 4.91. The van der Waals surface area contributed by atoms with Crippen molar-refractivity contribution >= 4 is 12.0 Å². The van der Waals surface area contributed by atoms with E-state index in [0.29, 0.717) is 6.42 Å². The molecule has 1 unspecified atom stereocenters. The summed E-state index contributed by atoms with van der Waals surface area (Å²) in [5.41, 5.74) is 5.61. The van der Waals surface area contributed by atoms with Crippen LogP contribution in [-0.2, 0) is 9.53 Å². The molecule has 0 heterocycles. The number of carbonyl (C=O) groups excluding carboxylic acids is 1. The molecule has 0 saturated carbocycles. The van der Waals surface area contributed by atoms with Crippen LogP contribution in [0.1, 0.15) is 34.6 Å². The minimum absolute atomic E-state index is 0.209. The summed E-state index contributed by atoms with van der Waals surface area (Å²) in [5, 5.41) is 0. The summed E-state index contributed by atoms with van der Waals surface area (Å²) in [6.45, 7) is 2.10. The topological polar surface area (TPSA) is 26.3 Å². The Morgan fingerprint density at radius 1 is 1.14 bits per heavy atom. The Morgan fingerprint density at radius 2 is 1.90 bits per heavy atom. The predicted octanol–water partition coefficient (Wildman–Crippen LogP) is 4.09. The molecular formula is C19H18O2. The zero-order chi connectivity index (χ0) is 14.8. The van der Waals surface area contributed by atoms with Gasteiger partial charge in [-0.05, 0) is 36.1 Å². The largest absolute Gasteiger partial charge is 0.466 e. The van der Waals surface area contributed by atoms with Gasteiger partial charge in [-0.1, -0.05) is 54.1 Å². The van der Waals surface area contributed by atoms with Crippen molar-refractivity contribution in [2.45, 2.75) is 19.3 Å². The van der Waals surface area contributed by atoms with Gasteiger partial charge in [-0.3, -0.25) is 0 Å². The highest BCUT2D eigenvalue weighted by atomic mass is 16.5. The number of rotatable bonds is 2. The Hall–Kier alpha value is -2.35. The van der Waals surface area contributed by atoms with Gasteiger partial charge in [-0.15, -0.1) is 0 Å². The van der Waals surface area contributed by atoms with Crippen LogP contribution in [0.3, 0.4) is 0 Å². The molecule has 3 rings (SSSR count). The van der Waals surface area contributed by atoms with Gasteiger partial charge in [-0.2, -0.15) is 0 Å². The molecule has 0 N–H and O–H groups in total. The molecule has 2 heteroatoms. The van der Waals surface area contributed by atoms with Gasteiger partial charge in [0.2, 0.25) is 0 Å². The second-order valence-corrected chi connectivity index (χ2v) is 5.46. The predicted molar refractivity (Wildman–Crippen MR) is 84.1 cm³/mol. The molecule has 0 spiro atoms. The molecule has 1 atom stereocenters. The maximum atomic E-state index is 11.9. The molecule has 0 saturated heterocycles. The van der Waals surface area contributed by atoms with E-state index in [1.165, 1.54) is 23.8 Å². The lowest BCUT2D eigenvalue weighted by Gasteiger charge is -2.25. The third-order valence-electron chi connectivity index (χ3n) is 4.02. The van der Waals surface area contributed by atoms with Gasteiger partial charge in [0, 0.05) is 11.5 Å². The lowest BCUT2D eigenvalue weighted by molar-refractivity contribution is -0.136. The highest BCUT2D eigenvalue weighted by Crippen LogP contribution is 2.38. The first-order valence-corrected chi connectivity index (χ1v) is 7.13. The summed E-state index contributed by atoms with van der Waals surface area (Å²) in [6, 6.07) is 16.7. The van der Waals surface area contributed by atoms with Gasteiger partial charge in [0.05, 0.1) is 7.11 Å². The number of aryl methyl sites for hydroxylation is 1. The monoisotopic (exact) mass is 278 g/mol. The second-order valence-electron chi connectivity index (χ2n) is 5.46. The Morgan fingerprint density at radius 3 is 2.62 bits per heavy atom. The Balaban J connectivity index is 2.12. The summed E-state index contributed by atoms with van der Waals surface area (Å²) >= 11 is 0. The van der Waals surface area contributed by atoms with Crippen molar-refractivity contribution in [3.05, 3.63) is 76.4 Å². The van der Waals surface area contributed by atoms with E-state index in [9.17, 15) is 4.79 Å². The third kappa shape index (κ3) is 2.62. The van der Waals surface area contributed by atoms with Crippen LogP contribution < -0.4 is 0 Å². The number of hydrogen-bond donors (Lipinski definition) is 0. The van der Waals surface area contributed by atoms with E-state index in [4.69, 9.17) is 4.74 Å². The molecule has 2 aromatic carbocycles. The molecule has 0 aliphatic heterocycles. The van der Waals surface area contributed by atoms with Crippen LogP contribution in [0, 0.1) is 6.92 Å². The molecule has 0 aromatic heterocycles. The molecule has 1 aliphatic rings. The van der Waals surface area contributed by atoms with Gasteiger partial charge in [-0.25, -0.2) is 4.79 Å². The smallest absolute Gasteiger partial charge is 0.333 e. The Bertz CT molecular complexity index is 699. The molecule has 0 amide bonds. The number of benzene rings is 2. The first-order valence-electron chi connectivity index (χ1n) is 7.13. The molecule has 1 aliphatic carbocycles. The molecule has 21 heavy (non-hydrogen) atoms. The molecule has 2 aromatic rings. The van der Waals surface area contributed by atoms with Crippen molar-refractivity contribution in [2.75, 3.05) is 7.11 Å². The van der Waals surface area contributed by atoms with E-state index in [0.717, 1.165) is 11.1 Å². The minimum atomic E-state index is -0.234. The first-order chi connectivity index (χ1) is 10.2. The number of esters is 1. The summed E-state index contributed by atoms with van der Waals surface area (Å²) in [7, 11) is 1.44. The fraction of sp³-hybridized carbons (Fsp3) is 0.211. The quantitative estimate of drug-likeness (QED) is 0.773. The van der Waals surface area contributed by atoms with E-state index in [2.05, 4.69) is 37.3 Å². The molecule has 0 fully saturated rings. The fourth-order valence-corrected chi connectivity index (χ4v) is 2.96. The van der Waals surface area contributed by atoms with E-state index in [1.54, 1.807) is 0 Å². The molecular weight excluding hydrogens is 260 g/mol. The number of fused-ring (bicyclic) bond motifs is 1. The summed E-state index contributed by atoms with van der Waals surface area (Å²) in [4.78, 5) is 11.9. The summed E-state index contributed by atoms with van der Waals surface area (Å²) in [5.74, 6) is -0.0256. The van der Waals surface area contributed by atoms with Crippen molar-refractivity contribution in [1.29, 1.82) is 0 Å². The highest BCUT2D eigenvalue weighted by Gasteiger charge is 2.26. The highest BCUT2D eigenvalue weighted by molar-refractivity contribution is 5.95. The maximum absolute atomic E-state index is 11.9.